The van der Waals surface area contributed by atoms with Crippen molar-refractivity contribution in [3.63, 3.8) is 0 Å². The second-order valence-electron chi connectivity index (χ2n) is 4.08. The van der Waals surface area contributed by atoms with Gasteiger partial charge in [-0.25, -0.2) is 4.98 Å². The molecule has 0 amide bonds. The topological polar surface area (TPSA) is 42.2 Å². The van der Waals surface area contributed by atoms with Crippen molar-refractivity contribution in [1.29, 1.82) is 0 Å². The van der Waals surface area contributed by atoms with E-state index in [1.165, 1.54) is 10.0 Å². The molecular weight excluding hydrogens is 310 g/mol. The molecule has 0 aliphatic heterocycles. The molecule has 2 rings (SSSR count). The Morgan fingerprint density at radius 3 is 2.83 bits per heavy atom. The summed E-state index contributed by atoms with van der Waals surface area (Å²) in [5.74, 6) is 0. The lowest BCUT2D eigenvalue weighted by Crippen LogP contribution is -2.20. The van der Waals surface area contributed by atoms with Crippen LogP contribution in [-0.2, 0) is 13.0 Å². The highest BCUT2D eigenvalue weighted by molar-refractivity contribution is 9.10. The highest BCUT2D eigenvalue weighted by Crippen LogP contribution is 2.22. The van der Waals surface area contributed by atoms with Crippen molar-refractivity contribution in [2.24, 2.45) is 5.73 Å². The van der Waals surface area contributed by atoms with E-state index in [2.05, 4.69) is 51.1 Å². The van der Waals surface area contributed by atoms with Crippen LogP contribution in [0.2, 0.25) is 0 Å². The number of aromatic nitrogens is 1. The molecule has 0 atom stereocenters. The maximum absolute atomic E-state index is 5.59. The molecule has 2 N–H and O–H groups in total. The normalized spacial score (nSPS) is 10.6. The van der Waals surface area contributed by atoms with Crippen LogP contribution < -0.4 is 10.6 Å². The van der Waals surface area contributed by atoms with E-state index in [1.807, 2.05) is 12.3 Å². The first-order valence-electron chi connectivity index (χ1n) is 5.80. The molecule has 0 fully saturated rings. The number of likely N-dealkylation sites (N-methyl/N-ethyl adjacent to an activating group) is 1. The molecule has 0 radical (unpaired) electrons. The molecule has 96 valence electrons. The van der Waals surface area contributed by atoms with Gasteiger partial charge in [-0.2, -0.15) is 0 Å². The molecule has 0 bridgehead atoms. The van der Waals surface area contributed by atoms with E-state index in [-0.39, 0.29) is 0 Å². The van der Waals surface area contributed by atoms with Crippen molar-refractivity contribution in [2.45, 2.75) is 13.0 Å². The third kappa shape index (κ3) is 3.31. The van der Waals surface area contributed by atoms with E-state index in [1.54, 1.807) is 11.3 Å². The average Bonchev–Trinajstić information content (AvgIpc) is 2.86. The summed E-state index contributed by atoms with van der Waals surface area (Å²) in [6.07, 6.45) is 2.85. The van der Waals surface area contributed by atoms with E-state index in [0.29, 0.717) is 6.54 Å². The van der Waals surface area contributed by atoms with E-state index in [4.69, 9.17) is 5.73 Å². The quantitative estimate of drug-likeness (QED) is 0.918. The second kappa shape index (κ2) is 6.31. The van der Waals surface area contributed by atoms with Gasteiger partial charge in [0.1, 0.15) is 0 Å². The number of benzene rings is 1. The minimum absolute atomic E-state index is 0.565. The molecule has 0 aliphatic rings. The van der Waals surface area contributed by atoms with Crippen molar-refractivity contribution in [1.82, 2.24) is 4.98 Å². The summed E-state index contributed by atoms with van der Waals surface area (Å²) in [5, 5.41) is 1.03. The third-order valence-electron chi connectivity index (χ3n) is 2.74. The zero-order chi connectivity index (χ0) is 13.0. The predicted molar refractivity (Wildman–Crippen MR) is 81.1 cm³/mol. The number of nitrogens with two attached hydrogens (primary N) is 1. The molecule has 0 saturated carbocycles. The Kier molecular flexibility index (Phi) is 4.74. The van der Waals surface area contributed by atoms with Crippen LogP contribution in [0.4, 0.5) is 5.13 Å². The van der Waals surface area contributed by atoms with Crippen molar-refractivity contribution in [3.05, 3.63) is 45.4 Å². The number of hydrogen-bond acceptors (Lipinski definition) is 4. The fourth-order valence-electron chi connectivity index (χ4n) is 1.65. The largest absolute Gasteiger partial charge is 0.351 e. The fourth-order valence-corrected chi connectivity index (χ4v) is 2.91. The lowest BCUT2D eigenvalue weighted by atomic mass is 10.1. The Labute approximate surface area is 120 Å². The summed E-state index contributed by atoms with van der Waals surface area (Å²) in [7, 11) is 2.07. The minimum atomic E-state index is 0.565. The molecule has 5 heteroatoms. The van der Waals surface area contributed by atoms with Crippen molar-refractivity contribution in [2.75, 3.05) is 18.5 Å². The van der Waals surface area contributed by atoms with Gasteiger partial charge in [0.2, 0.25) is 0 Å². The summed E-state index contributed by atoms with van der Waals surface area (Å²) < 4.78 is 1.17. The van der Waals surface area contributed by atoms with Gasteiger partial charge in [0.15, 0.2) is 5.13 Å². The first-order chi connectivity index (χ1) is 8.70. The van der Waals surface area contributed by atoms with Crippen LogP contribution in [0.15, 0.2) is 34.9 Å². The van der Waals surface area contributed by atoms with Crippen molar-refractivity contribution >= 4 is 32.4 Å². The van der Waals surface area contributed by atoms with Gasteiger partial charge in [0.25, 0.3) is 0 Å². The zero-order valence-corrected chi connectivity index (χ0v) is 12.7. The first kappa shape index (κ1) is 13.5. The van der Waals surface area contributed by atoms with E-state index >= 15 is 0 Å². The molecule has 18 heavy (non-hydrogen) atoms. The van der Waals surface area contributed by atoms with Crippen molar-refractivity contribution in [3.8, 4) is 0 Å². The standard InChI is InChI=1S/C13H16BrN3S/c1-17(13-16-9-11(8-15)18-13)7-6-10-4-2-3-5-12(10)14/h2-5,9H,6-8,15H2,1H3. The summed E-state index contributed by atoms with van der Waals surface area (Å²) in [4.78, 5) is 7.67. The van der Waals surface area contributed by atoms with Crippen LogP contribution in [0, 0.1) is 0 Å². The van der Waals surface area contributed by atoms with Crippen LogP contribution in [-0.4, -0.2) is 18.6 Å². The Morgan fingerprint density at radius 2 is 2.17 bits per heavy atom. The number of halogens is 1. The molecule has 0 saturated heterocycles. The summed E-state index contributed by atoms with van der Waals surface area (Å²) in [6.45, 7) is 1.51. The molecule has 0 aliphatic carbocycles. The predicted octanol–water partition coefficient (Wildman–Crippen LogP) is 3.04. The number of nitrogens with zero attached hydrogens (tertiary/aromatic N) is 2. The summed E-state index contributed by atoms with van der Waals surface area (Å²) in [5.41, 5.74) is 6.91. The Balaban J connectivity index is 1.96. The third-order valence-corrected chi connectivity index (χ3v) is 4.65. The molecule has 1 aromatic heterocycles. The Hall–Kier alpha value is -0.910. The summed E-state index contributed by atoms with van der Waals surface area (Å²) in [6, 6.07) is 8.32. The first-order valence-corrected chi connectivity index (χ1v) is 7.41. The molecule has 0 unspecified atom stereocenters. The molecular formula is C13H16BrN3S. The SMILES string of the molecule is CN(CCc1ccccc1Br)c1ncc(CN)s1. The van der Waals surface area contributed by atoms with Crippen LogP contribution in [0.25, 0.3) is 0 Å². The smallest absolute Gasteiger partial charge is 0.185 e. The van der Waals surface area contributed by atoms with Gasteiger partial charge in [-0.3, -0.25) is 0 Å². The van der Waals surface area contributed by atoms with Gasteiger partial charge >= 0.3 is 0 Å². The molecule has 3 nitrogen and oxygen atoms in total. The molecule has 1 aromatic carbocycles. The van der Waals surface area contributed by atoms with Crippen LogP contribution in [0.5, 0.6) is 0 Å². The lowest BCUT2D eigenvalue weighted by Gasteiger charge is -2.15. The summed E-state index contributed by atoms with van der Waals surface area (Å²) >= 11 is 5.23. The Morgan fingerprint density at radius 1 is 1.39 bits per heavy atom. The highest BCUT2D eigenvalue weighted by atomic mass is 79.9. The highest BCUT2D eigenvalue weighted by Gasteiger charge is 2.07. The fraction of sp³-hybridized carbons (Fsp3) is 0.308. The molecule has 2 aromatic rings. The molecule has 1 heterocycles. The van der Waals surface area contributed by atoms with Crippen LogP contribution >= 0.6 is 27.3 Å². The van der Waals surface area contributed by atoms with E-state index in [9.17, 15) is 0 Å². The molecule has 0 spiro atoms. The number of anilines is 1. The number of hydrogen-bond donors (Lipinski definition) is 1. The van der Waals surface area contributed by atoms with Crippen molar-refractivity contribution < 1.29 is 0 Å². The van der Waals surface area contributed by atoms with Gasteiger partial charge in [-0.05, 0) is 18.1 Å². The lowest BCUT2D eigenvalue weighted by molar-refractivity contribution is 0.868. The Bertz CT molecular complexity index is 512. The monoisotopic (exact) mass is 325 g/mol. The van der Waals surface area contributed by atoms with Gasteiger partial charge in [-0.15, -0.1) is 11.3 Å². The van der Waals surface area contributed by atoms with Gasteiger partial charge in [-0.1, -0.05) is 34.1 Å². The van der Waals surface area contributed by atoms with E-state index in [0.717, 1.165) is 23.0 Å². The van der Waals surface area contributed by atoms with Crippen LogP contribution in [0.3, 0.4) is 0 Å². The minimum Gasteiger partial charge on any atom is -0.351 e. The van der Waals surface area contributed by atoms with Crippen LogP contribution in [0.1, 0.15) is 10.4 Å². The average molecular weight is 326 g/mol. The second-order valence-corrected chi connectivity index (χ2v) is 6.02. The maximum atomic E-state index is 5.59. The van der Waals surface area contributed by atoms with Gasteiger partial charge in [0, 0.05) is 35.7 Å². The number of rotatable bonds is 5. The number of thiazole rings is 1. The zero-order valence-electron chi connectivity index (χ0n) is 10.3. The van der Waals surface area contributed by atoms with E-state index < -0.39 is 0 Å². The van der Waals surface area contributed by atoms with Gasteiger partial charge in [0.05, 0.1) is 0 Å². The van der Waals surface area contributed by atoms with Gasteiger partial charge < -0.3 is 10.6 Å². The maximum Gasteiger partial charge on any atom is 0.185 e.